The fourth-order valence-electron chi connectivity index (χ4n) is 1.69. The topological polar surface area (TPSA) is 35.8 Å². The molecule has 2 rings (SSSR count). The summed E-state index contributed by atoms with van der Waals surface area (Å²) in [5.41, 5.74) is 1.51. The zero-order valence-electron chi connectivity index (χ0n) is 8.63. The van der Waals surface area contributed by atoms with Gasteiger partial charge in [-0.3, -0.25) is 0 Å². The van der Waals surface area contributed by atoms with Crippen molar-refractivity contribution >= 4 is 17.3 Å². The molecule has 0 amide bonds. The first-order valence-corrected chi connectivity index (χ1v) is 5.54. The third-order valence-corrected chi connectivity index (χ3v) is 3.05. The van der Waals surface area contributed by atoms with Gasteiger partial charge in [0.25, 0.3) is 0 Å². The van der Waals surface area contributed by atoms with Gasteiger partial charge in [-0.1, -0.05) is 11.6 Å². The van der Waals surface area contributed by atoms with Crippen molar-refractivity contribution in [1.29, 1.82) is 5.26 Å². The standard InChI is InChI=1S/C12H13ClN2/c1-8(9-2-3-9)15-12-5-4-11(13)6-10(12)7-14/h4-6,8-9,15H,2-3H2,1H3. The summed E-state index contributed by atoms with van der Waals surface area (Å²) in [6, 6.07) is 7.98. The zero-order chi connectivity index (χ0) is 10.8. The molecule has 1 fully saturated rings. The summed E-state index contributed by atoms with van der Waals surface area (Å²) in [5, 5.41) is 12.9. The van der Waals surface area contributed by atoms with Gasteiger partial charge in [0.15, 0.2) is 0 Å². The summed E-state index contributed by atoms with van der Waals surface area (Å²) < 4.78 is 0. The van der Waals surface area contributed by atoms with Crippen LogP contribution in [0, 0.1) is 17.2 Å². The number of hydrogen-bond acceptors (Lipinski definition) is 2. The molecule has 1 unspecified atom stereocenters. The van der Waals surface area contributed by atoms with Gasteiger partial charge in [0, 0.05) is 11.1 Å². The summed E-state index contributed by atoms with van der Waals surface area (Å²) in [5.74, 6) is 0.771. The molecule has 2 nitrogen and oxygen atoms in total. The van der Waals surface area contributed by atoms with Crippen LogP contribution in [0.2, 0.25) is 5.02 Å². The summed E-state index contributed by atoms with van der Waals surface area (Å²) >= 11 is 5.83. The first-order chi connectivity index (χ1) is 7.20. The Hall–Kier alpha value is -1.20. The third-order valence-electron chi connectivity index (χ3n) is 2.81. The van der Waals surface area contributed by atoms with Gasteiger partial charge < -0.3 is 5.32 Å². The first-order valence-electron chi connectivity index (χ1n) is 5.17. The van der Waals surface area contributed by atoms with Gasteiger partial charge >= 0.3 is 0 Å². The Bertz CT molecular complexity index is 405. The van der Waals surface area contributed by atoms with Crippen LogP contribution in [-0.4, -0.2) is 6.04 Å². The Balaban J connectivity index is 2.16. The normalized spacial score (nSPS) is 16.9. The molecule has 78 valence electrons. The minimum Gasteiger partial charge on any atom is -0.381 e. The number of hydrogen-bond donors (Lipinski definition) is 1. The SMILES string of the molecule is CC(Nc1ccc(Cl)cc1C#N)C1CC1. The summed E-state index contributed by atoms with van der Waals surface area (Å²) in [6.45, 7) is 2.16. The maximum atomic E-state index is 8.96. The Morgan fingerprint density at radius 3 is 2.87 bits per heavy atom. The maximum Gasteiger partial charge on any atom is 0.101 e. The highest BCUT2D eigenvalue weighted by Gasteiger charge is 2.28. The molecule has 0 radical (unpaired) electrons. The second-order valence-electron chi connectivity index (χ2n) is 4.07. The first kappa shape index (κ1) is 10.3. The molecule has 3 heteroatoms. The van der Waals surface area contributed by atoms with Crippen molar-refractivity contribution < 1.29 is 0 Å². The molecule has 1 aliphatic rings. The zero-order valence-corrected chi connectivity index (χ0v) is 9.38. The third kappa shape index (κ3) is 2.43. The highest BCUT2D eigenvalue weighted by molar-refractivity contribution is 6.30. The van der Waals surface area contributed by atoms with E-state index in [2.05, 4.69) is 18.3 Å². The van der Waals surface area contributed by atoms with E-state index in [0.29, 0.717) is 16.6 Å². The summed E-state index contributed by atoms with van der Waals surface area (Å²) in [7, 11) is 0. The van der Waals surface area contributed by atoms with Crippen molar-refractivity contribution in [1.82, 2.24) is 0 Å². The van der Waals surface area contributed by atoms with Gasteiger partial charge in [0.1, 0.15) is 6.07 Å². The van der Waals surface area contributed by atoms with E-state index in [-0.39, 0.29) is 0 Å². The molecule has 1 saturated carbocycles. The molecule has 1 aromatic carbocycles. The highest BCUT2D eigenvalue weighted by atomic mass is 35.5. The number of halogens is 1. The van der Waals surface area contributed by atoms with Crippen LogP contribution < -0.4 is 5.32 Å². The highest BCUT2D eigenvalue weighted by Crippen LogP contribution is 2.34. The van der Waals surface area contributed by atoms with E-state index in [1.165, 1.54) is 12.8 Å². The van der Waals surface area contributed by atoms with Crippen molar-refractivity contribution in [2.24, 2.45) is 5.92 Å². The number of nitrogens with zero attached hydrogens (tertiary/aromatic N) is 1. The molecular formula is C12H13ClN2. The average molecular weight is 221 g/mol. The van der Waals surface area contributed by atoms with E-state index in [0.717, 1.165) is 11.6 Å². The lowest BCUT2D eigenvalue weighted by atomic mass is 10.1. The van der Waals surface area contributed by atoms with E-state index in [1.807, 2.05) is 12.1 Å². The van der Waals surface area contributed by atoms with Crippen LogP contribution in [0.1, 0.15) is 25.3 Å². The Morgan fingerprint density at radius 2 is 2.27 bits per heavy atom. The molecule has 1 N–H and O–H groups in total. The van der Waals surface area contributed by atoms with E-state index in [9.17, 15) is 0 Å². The quantitative estimate of drug-likeness (QED) is 0.847. The van der Waals surface area contributed by atoms with Crippen LogP contribution in [0.4, 0.5) is 5.69 Å². The predicted octanol–water partition coefficient (Wildman–Crippen LogP) is 3.42. The van der Waals surface area contributed by atoms with E-state index in [4.69, 9.17) is 16.9 Å². The van der Waals surface area contributed by atoms with Crippen LogP contribution in [0.5, 0.6) is 0 Å². The Kier molecular flexibility index (Phi) is 2.83. The molecule has 0 aromatic heterocycles. The lowest BCUT2D eigenvalue weighted by Crippen LogP contribution is -2.17. The van der Waals surface area contributed by atoms with Crippen LogP contribution in [0.3, 0.4) is 0 Å². The molecule has 0 spiro atoms. The number of nitrogens with one attached hydrogen (secondary N) is 1. The van der Waals surface area contributed by atoms with Gasteiger partial charge in [0.2, 0.25) is 0 Å². The van der Waals surface area contributed by atoms with Crippen LogP contribution >= 0.6 is 11.6 Å². The molecule has 0 bridgehead atoms. The lowest BCUT2D eigenvalue weighted by molar-refractivity contribution is 0.694. The van der Waals surface area contributed by atoms with Crippen molar-refractivity contribution in [2.75, 3.05) is 5.32 Å². The average Bonchev–Trinajstić information content (AvgIpc) is 3.04. The van der Waals surface area contributed by atoms with Crippen LogP contribution in [-0.2, 0) is 0 Å². The fourth-order valence-corrected chi connectivity index (χ4v) is 1.87. The molecular weight excluding hydrogens is 208 g/mol. The number of anilines is 1. The molecule has 15 heavy (non-hydrogen) atoms. The number of nitriles is 1. The van der Waals surface area contributed by atoms with Crippen molar-refractivity contribution in [3.8, 4) is 6.07 Å². The van der Waals surface area contributed by atoms with Gasteiger partial charge in [-0.15, -0.1) is 0 Å². The molecule has 1 aromatic rings. The largest absolute Gasteiger partial charge is 0.381 e. The molecule has 0 heterocycles. The fraction of sp³-hybridized carbons (Fsp3) is 0.417. The van der Waals surface area contributed by atoms with E-state index < -0.39 is 0 Å². The van der Waals surface area contributed by atoms with Crippen molar-refractivity contribution in [3.63, 3.8) is 0 Å². The van der Waals surface area contributed by atoms with Crippen LogP contribution in [0.15, 0.2) is 18.2 Å². The molecule has 1 atom stereocenters. The van der Waals surface area contributed by atoms with Gasteiger partial charge in [0.05, 0.1) is 11.3 Å². The second kappa shape index (κ2) is 4.12. The smallest absolute Gasteiger partial charge is 0.101 e. The van der Waals surface area contributed by atoms with Gasteiger partial charge in [-0.05, 0) is 43.9 Å². The number of rotatable bonds is 3. The Labute approximate surface area is 94.9 Å². The van der Waals surface area contributed by atoms with E-state index >= 15 is 0 Å². The van der Waals surface area contributed by atoms with E-state index in [1.54, 1.807) is 6.07 Å². The minimum atomic E-state index is 0.443. The summed E-state index contributed by atoms with van der Waals surface area (Å²) in [4.78, 5) is 0. The van der Waals surface area contributed by atoms with Gasteiger partial charge in [-0.25, -0.2) is 0 Å². The van der Waals surface area contributed by atoms with Gasteiger partial charge in [-0.2, -0.15) is 5.26 Å². The van der Waals surface area contributed by atoms with Crippen molar-refractivity contribution in [3.05, 3.63) is 28.8 Å². The van der Waals surface area contributed by atoms with Crippen LogP contribution in [0.25, 0.3) is 0 Å². The molecule has 0 saturated heterocycles. The number of benzene rings is 1. The Morgan fingerprint density at radius 1 is 1.53 bits per heavy atom. The monoisotopic (exact) mass is 220 g/mol. The molecule has 1 aliphatic carbocycles. The predicted molar refractivity (Wildman–Crippen MR) is 62.0 cm³/mol. The lowest BCUT2D eigenvalue weighted by Gasteiger charge is -2.15. The van der Waals surface area contributed by atoms with Crippen molar-refractivity contribution in [2.45, 2.75) is 25.8 Å². The minimum absolute atomic E-state index is 0.443. The maximum absolute atomic E-state index is 8.96. The second-order valence-corrected chi connectivity index (χ2v) is 4.51. The summed E-state index contributed by atoms with van der Waals surface area (Å²) in [6.07, 6.45) is 2.59. The molecule has 0 aliphatic heterocycles.